The first-order chi connectivity index (χ1) is 15.8. The van der Waals surface area contributed by atoms with Gasteiger partial charge in [-0.2, -0.15) is 13.2 Å². The number of alkyl halides is 3. The third-order valence-corrected chi connectivity index (χ3v) is 5.73. The molecule has 0 bridgehead atoms. The number of phenols is 1. The molecule has 1 aliphatic rings. The van der Waals surface area contributed by atoms with Crippen LogP contribution in [0.5, 0.6) is 11.5 Å². The quantitative estimate of drug-likeness (QED) is 0.433. The molecule has 0 amide bonds. The van der Waals surface area contributed by atoms with Gasteiger partial charge in [-0.15, -0.1) is 0 Å². The van der Waals surface area contributed by atoms with Gasteiger partial charge in [0.1, 0.15) is 6.17 Å². The predicted octanol–water partition coefficient (Wildman–Crippen LogP) is 6.69. The molecule has 1 aliphatic heterocycles. The molecule has 33 heavy (non-hydrogen) atoms. The number of ether oxygens (including phenoxy) is 1. The maximum Gasteiger partial charge on any atom is 0.416 e. The van der Waals surface area contributed by atoms with E-state index < -0.39 is 17.9 Å². The molecule has 172 valence electrons. The van der Waals surface area contributed by atoms with Crippen molar-refractivity contribution in [3.05, 3.63) is 94.0 Å². The Labute approximate surface area is 194 Å². The summed E-state index contributed by atoms with van der Waals surface area (Å²) in [7, 11) is 0. The fraction of sp³-hybridized carbons (Fsp3) is 0.240. The third kappa shape index (κ3) is 5.15. The molecule has 0 spiro atoms. The molecule has 0 saturated carbocycles. The van der Waals surface area contributed by atoms with E-state index >= 15 is 0 Å². The number of nitrogens with one attached hydrogen (secondary N) is 1. The van der Waals surface area contributed by atoms with Crippen LogP contribution < -0.4 is 10.1 Å². The molecular weight excluding hydrogens is 453 g/mol. The Morgan fingerprint density at radius 3 is 2.39 bits per heavy atom. The lowest BCUT2D eigenvalue weighted by Crippen LogP contribution is -2.33. The second-order valence-electron chi connectivity index (χ2n) is 7.66. The van der Waals surface area contributed by atoms with Gasteiger partial charge in [0, 0.05) is 28.8 Å². The van der Waals surface area contributed by atoms with Crippen molar-refractivity contribution in [3.8, 4) is 11.5 Å². The number of halogens is 4. The first kappa shape index (κ1) is 23.1. The number of para-hydroxylation sites is 1. The van der Waals surface area contributed by atoms with Crippen molar-refractivity contribution in [3.63, 3.8) is 0 Å². The smallest absolute Gasteiger partial charge is 0.416 e. The Balaban J connectivity index is 1.73. The molecule has 1 heterocycles. The van der Waals surface area contributed by atoms with Crippen molar-refractivity contribution in [1.29, 1.82) is 0 Å². The highest BCUT2D eigenvalue weighted by atomic mass is 35.5. The monoisotopic (exact) mass is 474 g/mol. The molecular formula is C25H22ClF3N2O2. The normalized spacial score (nSPS) is 18.6. The number of benzene rings is 3. The molecule has 0 radical (unpaired) electrons. The molecule has 0 aromatic heterocycles. The maximum atomic E-state index is 13.0. The average molecular weight is 475 g/mol. The fourth-order valence-corrected chi connectivity index (χ4v) is 3.97. The lowest BCUT2D eigenvalue weighted by Gasteiger charge is -2.31. The van der Waals surface area contributed by atoms with Crippen LogP contribution in [0, 0.1) is 0 Å². The van der Waals surface area contributed by atoms with Gasteiger partial charge in [-0.1, -0.05) is 48.0 Å². The first-order valence-corrected chi connectivity index (χ1v) is 10.8. The molecule has 4 rings (SSSR count). The standard InChI is InChI=1S/C25H22ClF3N2O2/c1-2-33-22-5-3-4-19(23(22)32)21-14-20(15-8-12-18(26)13-9-15)30-24(31-21)16-6-10-17(11-7-16)25(27,28)29/h3-13,21,24,31-32H,2,14H2,1H3/t21-,24-/m0/s1. The predicted molar refractivity (Wildman–Crippen MR) is 122 cm³/mol. The Kier molecular flexibility index (Phi) is 6.63. The molecule has 0 aliphatic carbocycles. The highest BCUT2D eigenvalue weighted by Crippen LogP contribution is 2.39. The van der Waals surface area contributed by atoms with E-state index in [4.69, 9.17) is 21.3 Å². The van der Waals surface area contributed by atoms with E-state index in [1.807, 2.05) is 19.1 Å². The van der Waals surface area contributed by atoms with Crippen LogP contribution in [0.1, 0.15) is 47.8 Å². The summed E-state index contributed by atoms with van der Waals surface area (Å²) in [5, 5.41) is 14.7. The van der Waals surface area contributed by atoms with Crippen LogP contribution in [-0.4, -0.2) is 17.4 Å². The summed E-state index contributed by atoms with van der Waals surface area (Å²) in [6.45, 7) is 2.23. The van der Waals surface area contributed by atoms with Crippen LogP contribution in [0.15, 0.2) is 71.7 Å². The van der Waals surface area contributed by atoms with E-state index in [1.54, 1.807) is 30.3 Å². The number of rotatable bonds is 5. The Bertz CT molecular complexity index is 1150. The first-order valence-electron chi connectivity index (χ1n) is 10.5. The Morgan fingerprint density at radius 2 is 1.76 bits per heavy atom. The van der Waals surface area contributed by atoms with Gasteiger partial charge in [0.05, 0.1) is 12.2 Å². The van der Waals surface area contributed by atoms with Crippen LogP contribution in [-0.2, 0) is 6.18 Å². The summed E-state index contributed by atoms with van der Waals surface area (Å²) in [4.78, 5) is 4.78. The largest absolute Gasteiger partial charge is 0.504 e. The van der Waals surface area contributed by atoms with E-state index in [0.29, 0.717) is 34.9 Å². The van der Waals surface area contributed by atoms with Crippen LogP contribution in [0.25, 0.3) is 0 Å². The molecule has 3 aromatic rings. The topological polar surface area (TPSA) is 53.8 Å². The lowest BCUT2D eigenvalue weighted by atomic mass is 9.93. The lowest BCUT2D eigenvalue weighted by molar-refractivity contribution is -0.137. The molecule has 2 N–H and O–H groups in total. The number of aliphatic imine (C=N–C) groups is 1. The van der Waals surface area contributed by atoms with E-state index in [9.17, 15) is 18.3 Å². The van der Waals surface area contributed by atoms with Crippen LogP contribution in [0.2, 0.25) is 5.02 Å². The van der Waals surface area contributed by atoms with Crippen LogP contribution in [0.3, 0.4) is 0 Å². The van der Waals surface area contributed by atoms with E-state index in [-0.39, 0.29) is 11.8 Å². The summed E-state index contributed by atoms with van der Waals surface area (Å²) < 4.78 is 44.6. The SMILES string of the molecule is CCOc1cccc([C@@H]2CC(c3ccc(Cl)cc3)=N[C@H](c3ccc(C(F)(F)F)cc3)N2)c1O. The van der Waals surface area contributed by atoms with E-state index in [1.165, 1.54) is 12.1 Å². The zero-order valence-electron chi connectivity index (χ0n) is 17.7. The van der Waals surface area contributed by atoms with Crippen molar-refractivity contribution >= 4 is 17.3 Å². The fourth-order valence-electron chi connectivity index (χ4n) is 3.84. The summed E-state index contributed by atoms with van der Waals surface area (Å²) >= 11 is 6.03. The molecule has 3 aromatic carbocycles. The van der Waals surface area contributed by atoms with Gasteiger partial charge >= 0.3 is 6.18 Å². The van der Waals surface area contributed by atoms with Crippen molar-refractivity contribution in [2.75, 3.05) is 6.61 Å². The van der Waals surface area contributed by atoms with Crippen LogP contribution >= 0.6 is 11.6 Å². The van der Waals surface area contributed by atoms with Gasteiger partial charge in [-0.25, -0.2) is 0 Å². The maximum absolute atomic E-state index is 13.0. The number of hydrogen-bond acceptors (Lipinski definition) is 4. The molecule has 4 nitrogen and oxygen atoms in total. The Hall–Kier alpha value is -3.03. The Morgan fingerprint density at radius 1 is 1.06 bits per heavy atom. The third-order valence-electron chi connectivity index (χ3n) is 5.48. The van der Waals surface area contributed by atoms with Crippen molar-refractivity contribution in [2.24, 2.45) is 4.99 Å². The van der Waals surface area contributed by atoms with Gasteiger partial charge in [0.15, 0.2) is 11.5 Å². The zero-order chi connectivity index (χ0) is 23.6. The second-order valence-corrected chi connectivity index (χ2v) is 8.09. The summed E-state index contributed by atoms with van der Waals surface area (Å²) in [6, 6.07) is 17.1. The number of hydrogen-bond donors (Lipinski definition) is 2. The van der Waals surface area contributed by atoms with Gasteiger partial charge in [-0.3, -0.25) is 10.3 Å². The summed E-state index contributed by atoms with van der Waals surface area (Å²) in [5.74, 6) is 0.402. The number of nitrogens with zero attached hydrogens (tertiary/aromatic N) is 1. The van der Waals surface area contributed by atoms with Gasteiger partial charge in [0.2, 0.25) is 0 Å². The highest BCUT2D eigenvalue weighted by molar-refractivity contribution is 6.30. The molecule has 0 unspecified atom stereocenters. The summed E-state index contributed by atoms with van der Waals surface area (Å²) in [6.07, 6.45) is -4.56. The minimum atomic E-state index is -4.41. The van der Waals surface area contributed by atoms with Crippen molar-refractivity contribution < 1.29 is 23.0 Å². The molecule has 0 fully saturated rings. The highest BCUT2D eigenvalue weighted by Gasteiger charge is 2.32. The van der Waals surface area contributed by atoms with Gasteiger partial charge in [0.25, 0.3) is 0 Å². The molecule has 8 heteroatoms. The molecule has 0 saturated heterocycles. The van der Waals surface area contributed by atoms with Crippen molar-refractivity contribution in [2.45, 2.75) is 31.7 Å². The minimum absolute atomic E-state index is 0.0281. The molecule has 2 atom stereocenters. The number of aromatic hydroxyl groups is 1. The zero-order valence-corrected chi connectivity index (χ0v) is 18.5. The average Bonchev–Trinajstić information content (AvgIpc) is 2.80. The second kappa shape index (κ2) is 9.45. The summed E-state index contributed by atoms with van der Waals surface area (Å²) in [5.41, 5.74) is 2.09. The van der Waals surface area contributed by atoms with Crippen molar-refractivity contribution in [1.82, 2.24) is 5.32 Å². The van der Waals surface area contributed by atoms with Gasteiger partial charge in [-0.05, 0) is 48.4 Å². The number of phenolic OH excluding ortho intramolecular Hbond substituents is 1. The van der Waals surface area contributed by atoms with E-state index in [0.717, 1.165) is 23.4 Å². The van der Waals surface area contributed by atoms with E-state index in [2.05, 4.69) is 5.32 Å². The van der Waals surface area contributed by atoms with Crippen LogP contribution in [0.4, 0.5) is 13.2 Å². The van der Waals surface area contributed by atoms with Gasteiger partial charge < -0.3 is 9.84 Å². The minimum Gasteiger partial charge on any atom is -0.504 e.